The van der Waals surface area contributed by atoms with Crippen LogP contribution in [0.1, 0.15) is 43.0 Å². The highest BCUT2D eigenvalue weighted by molar-refractivity contribution is 7.17. The Labute approximate surface area is 119 Å². The highest BCUT2D eigenvalue weighted by Gasteiger charge is 2.44. The minimum Gasteiger partial charge on any atom is -0.311 e. The predicted molar refractivity (Wildman–Crippen MR) is 80.8 cm³/mol. The Hall–Kier alpha value is -0.870. The van der Waals surface area contributed by atoms with E-state index < -0.39 is 0 Å². The predicted octanol–water partition coefficient (Wildman–Crippen LogP) is 3.54. The van der Waals surface area contributed by atoms with E-state index in [2.05, 4.69) is 48.6 Å². The number of nitrogens with one attached hydrogen (secondary N) is 1. The Bertz CT molecular complexity index is 590. The molecule has 104 valence electrons. The maximum Gasteiger partial charge on any atom is 0.194 e. The third-order valence-electron chi connectivity index (χ3n) is 4.63. The van der Waals surface area contributed by atoms with Crippen molar-refractivity contribution >= 4 is 16.3 Å². The van der Waals surface area contributed by atoms with Gasteiger partial charge in [0.2, 0.25) is 0 Å². The molecule has 0 aliphatic heterocycles. The normalized spacial score (nSPS) is 17.5. The molecule has 0 atom stereocenters. The second-order valence-electron chi connectivity index (χ2n) is 6.26. The van der Waals surface area contributed by atoms with Gasteiger partial charge in [-0.1, -0.05) is 13.8 Å². The van der Waals surface area contributed by atoms with Crippen LogP contribution in [-0.2, 0) is 6.54 Å². The number of aromatic nitrogens is 2. The summed E-state index contributed by atoms with van der Waals surface area (Å²) < 4.78 is 2.25. The van der Waals surface area contributed by atoms with Crippen LogP contribution in [0.15, 0.2) is 6.20 Å². The molecule has 0 radical (unpaired) electrons. The number of thiazole rings is 1. The lowest BCUT2D eigenvalue weighted by Crippen LogP contribution is -2.27. The summed E-state index contributed by atoms with van der Waals surface area (Å²) in [6.45, 7) is 11.0. The highest BCUT2D eigenvalue weighted by Crippen LogP contribution is 2.51. The molecule has 1 N–H and O–H groups in total. The van der Waals surface area contributed by atoms with E-state index in [1.54, 1.807) is 11.3 Å². The molecule has 2 heterocycles. The second kappa shape index (κ2) is 4.60. The van der Waals surface area contributed by atoms with Gasteiger partial charge in [0, 0.05) is 24.2 Å². The van der Waals surface area contributed by atoms with Gasteiger partial charge >= 0.3 is 0 Å². The molecule has 0 spiro atoms. The third kappa shape index (κ3) is 2.32. The van der Waals surface area contributed by atoms with Gasteiger partial charge in [-0.25, -0.2) is 4.98 Å². The van der Waals surface area contributed by atoms with E-state index >= 15 is 0 Å². The maximum absolute atomic E-state index is 4.64. The van der Waals surface area contributed by atoms with E-state index in [0.29, 0.717) is 5.41 Å². The molecule has 0 aromatic carbocycles. The van der Waals surface area contributed by atoms with Crippen molar-refractivity contribution in [2.45, 2.75) is 47.1 Å². The summed E-state index contributed by atoms with van der Waals surface area (Å²) in [5.41, 5.74) is 3.05. The SMILES string of the molecule is Cc1cn2c(CNCC3(C(C)C)CC3)c(C)nc2s1. The highest BCUT2D eigenvalue weighted by atomic mass is 32.1. The molecule has 1 aliphatic rings. The fourth-order valence-corrected chi connectivity index (χ4v) is 3.76. The van der Waals surface area contributed by atoms with Crippen LogP contribution in [0.3, 0.4) is 0 Å². The fourth-order valence-electron chi connectivity index (χ4n) is 2.87. The number of rotatable bonds is 5. The van der Waals surface area contributed by atoms with Crippen LogP contribution in [-0.4, -0.2) is 15.9 Å². The molecule has 0 saturated heterocycles. The van der Waals surface area contributed by atoms with E-state index in [1.807, 2.05) is 0 Å². The number of hydrogen-bond acceptors (Lipinski definition) is 3. The van der Waals surface area contributed by atoms with E-state index in [1.165, 1.54) is 23.4 Å². The summed E-state index contributed by atoms with van der Waals surface area (Å²) in [6.07, 6.45) is 4.97. The van der Waals surface area contributed by atoms with Gasteiger partial charge in [0.25, 0.3) is 0 Å². The topological polar surface area (TPSA) is 29.3 Å². The van der Waals surface area contributed by atoms with Crippen molar-refractivity contribution in [3.05, 3.63) is 22.5 Å². The summed E-state index contributed by atoms with van der Waals surface area (Å²) in [5, 5.41) is 3.66. The monoisotopic (exact) mass is 277 g/mol. The zero-order chi connectivity index (χ0) is 13.6. The molecule has 2 aromatic heterocycles. The van der Waals surface area contributed by atoms with Crippen LogP contribution in [0.4, 0.5) is 0 Å². The largest absolute Gasteiger partial charge is 0.311 e. The summed E-state index contributed by atoms with van der Waals surface area (Å²) in [6, 6.07) is 0. The molecule has 0 bridgehead atoms. The summed E-state index contributed by atoms with van der Waals surface area (Å²) in [5.74, 6) is 0.787. The lowest BCUT2D eigenvalue weighted by atomic mass is 9.92. The zero-order valence-corrected chi connectivity index (χ0v) is 13.1. The molecule has 2 aromatic rings. The number of hydrogen-bond donors (Lipinski definition) is 1. The average molecular weight is 277 g/mol. The Kier molecular flexibility index (Phi) is 3.18. The van der Waals surface area contributed by atoms with Crippen LogP contribution in [0.2, 0.25) is 0 Å². The number of aryl methyl sites for hydroxylation is 2. The van der Waals surface area contributed by atoms with Crippen LogP contribution in [0, 0.1) is 25.2 Å². The molecule has 0 unspecified atom stereocenters. The molecule has 1 fully saturated rings. The molecule has 1 aliphatic carbocycles. The smallest absolute Gasteiger partial charge is 0.194 e. The first-order valence-corrected chi connectivity index (χ1v) is 7.98. The van der Waals surface area contributed by atoms with Crippen molar-refractivity contribution in [3.8, 4) is 0 Å². The van der Waals surface area contributed by atoms with Gasteiger partial charge in [0.1, 0.15) is 0 Å². The van der Waals surface area contributed by atoms with E-state index in [9.17, 15) is 0 Å². The van der Waals surface area contributed by atoms with Crippen molar-refractivity contribution in [2.75, 3.05) is 6.54 Å². The molecular formula is C15H23N3S. The van der Waals surface area contributed by atoms with Crippen molar-refractivity contribution in [3.63, 3.8) is 0 Å². The van der Waals surface area contributed by atoms with Crippen LogP contribution in [0.5, 0.6) is 0 Å². The Morgan fingerprint density at radius 3 is 2.79 bits per heavy atom. The van der Waals surface area contributed by atoms with Gasteiger partial charge in [-0.3, -0.25) is 4.40 Å². The first-order chi connectivity index (χ1) is 9.02. The molecule has 3 nitrogen and oxygen atoms in total. The Balaban J connectivity index is 1.70. The summed E-state index contributed by atoms with van der Waals surface area (Å²) in [4.78, 5) is 7.09. The van der Waals surface area contributed by atoms with E-state index in [-0.39, 0.29) is 0 Å². The van der Waals surface area contributed by atoms with Gasteiger partial charge in [0.05, 0.1) is 11.4 Å². The standard InChI is InChI=1S/C15H23N3S/c1-10(2)15(5-6-15)9-16-7-13-12(4)17-14-18(13)8-11(3)19-14/h8,10,16H,5-7,9H2,1-4H3. The van der Waals surface area contributed by atoms with Crippen molar-refractivity contribution < 1.29 is 0 Å². The summed E-state index contributed by atoms with van der Waals surface area (Å²) in [7, 11) is 0. The molecule has 3 rings (SSSR count). The fraction of sp³-hybridized carbons (Fsp3) is 0.667. The lowest BCUT2D eigenvalue weighted by molar-refractivity contribution is 0.337. The van der Waals surface area contributed by atoms with Crippen LogP contribution >= 0.6 is 11.3 Å². The van der Waals surface area contributed by atoms with E-state index in [4.69, 9.17) is 0 Å². The van der Waals surface area contributed by atoms with Crippen molar-refractivity contribution in [1.29, 1.82) is 0 Å². The first kappa shape index (κ1) is 13.1. The molecule has 1 saturated carbocycles. The lowest BCUT2D eigenvalue weighted by Gasteiger charge is -2.20. The van der Waals surface area contributed by atoms with E-state index in [0.717, 1.165) is 29.7 Å². The van der Waals surface area contributed by atoms with Gasteiger partial charge in [-0.2, -0.15) is 0 Å². The van der Waals surface area contributed by atoms with Gasteiger partial charge < -0.3 is 5.32 Å². The minimum atomic E-state index is 0.572. The Morgan fingerprint density at radius 1 is 1.42 bits per heavy atom. The van der Waals surface area contributed by atoms with Crippen molar-refractivity contribution in [2.24, 2.45) is 11.3 Å². The quantitative estimate of drug-likeness (QED) is 0.906. The zero-order valence-electron chi connectivity index (χ0n) is 12.3. The molecule has 19 heavy (non-hydrogen) atoms. The first-order valence-electron chi connectivity index (χ1n) is 7.16. The third-order valence-corrected chi connectivity index (χ3v) is 5.53. The van der Waals surface area contributed by atoms with Gasteiger partial charge in [0.15, 0.2) is 4.96 Å². The number of imidazole rings is 1. The van der Waals surface area contributed by atoms with Crippen molar-refractivity contribution in [1.82, 2.24) is 14.7 Å². The van der Waals surface area contributed by atoms with Crippen LogP contribution in [0.25, 0.3) is 4.96 Å². The number of nitrogens with zero attached hydrogens (tertiary/aromatic N) is 2. The summed E-state index contributed by atoms with van der Waals surface area (Å²) >= 11 is 1.77. The van der Waals surface area contributed by atoms with Crippen LogP contribution < -0.4 is 5.32 Å². The molecule has 4 heteroatoms. The number of fused-ring (bicyclic) bond motifs is 1. The van der Waals surface area contributed by atoms with Gasteiger partial charge in [-0.05, 0) is 38.0 Å². The average Bonchev–Trinajstić information content (AvgIpc) is 2.97. The molecular weight excluding hydrogens is 254 g/mol. The Morgan fingerprint density at radius 2 is 2.16 bits per heavy atom. The molecule has 0 amide bonds. The minimum absolute atomic E-state index is 0.572. The second-order valence-corrected chi connectivity index (χ2v) is 7.47. The van der Waals surface area contributed by atoms with Gasteiger partial charge in [-0.15, -0.1) is 11.3 Å². The maximum atomic E-state index is 4.64.